The van der Waals surface area contributed by atoms with Crippen LogP contribution in [-0.2, 0) is 4.79 Å². The van der Waals surface area contributed by atoms with Crippen molar-refractivity contribution < 1.29 is 9.53 Å². The van der Waals surface area contributed by atoms with Crippen LogP contribution in [0.3, 0.4) is 0 Å². The summed E-state index contributed by atoms with van der Waals surface area (Å²) in [4.78, 5) is 27.8. The summed E-state index contributed by atoms with van der Waals surface area (Å²) in [5, 5.41) is 4.09. The molecule has 7 nitrogen and oxygen atoms in total. The van der Waals surface area contributed by atoms with Crippen molar-refractivity contribution in [3.63, 3.8) is 0 Å². The molecule has 0 spiro atoms. The normalized spacial score (nSPS) is 15.9. The predicted molar refractivity (Wildman–Crippen MR) is 149 cm³/mol. The zero-order chi connectivity index (χ0) is 25.9. The monoisotopic (exact) mass is 531 g/mol. The Bertz CT molecular complexity index is 1520. The molecule has 1 N–H and O–H groups in total. The van der Waals surface area contributed by atoms with Crippen LogP contribution in [0.1, 0.15) is 31.3 Å². The van der Waals surface area contributed by atoms with Crippen molar-refractivity contribution in [2.75, 3.05) is 11.9 Å². The number of anilines is 1. The summed E-state index contributed by atoms with van der Waals surface area (Å²) in [6, 6.07) is 15.5. The minimum Gasteiger partial charge on any atom is -0.484 e. The molecule has 0 saturated carbocycles. The van der Waals surface area contributed by atoms with E-state index in [4.69, 9.17) is 16.3 Å². The van der Waals surface area contributed by atoms with Gasteiger partial charge in [0.1, 0.15) is 17.4 Å². The molecule has 2 aromatic heterocycles. The predicted octanol–water partition coefficient (Wildman–Crippen LogP) is 6.48. The number of fused-ring (bicyclic) bond motifs is 1. The van der Waals surface area contributed by atoms with E-state index in [1.54, 1.807) is 34.6 Å². The molecule has 37 heavy (non-hydrogen) atoms. The van der Waals surface area contributed by atoms with Gasteiger partial charge in [-0.3, -0.25) is 4.79 Å². The van der Waals surface area contributed by atoms with Gasteiger partial charge < -0.3 is 15.0 Å². The Labute approximate surface area is 224 Å². The second-order valence-corrected chi connectivity index (χ2v) is 10.1. The fraction of sp³-hybridized carbons (Fsp3) is 0.214. The van der Waals surface area contributed by atoms with Crippen LogP contribution in [-0.4, -0.2) is 38.4 Å². The molecule has 0 bridgehead atoms. The SMILES string of the molecule is Cc1nc(NC(C)c2cccc(OCC(=O)N3C=CC=C(Cl)C3C)c2)cc(-c2ccc3ncsc3c2)n1. The highest BCUT2D eigenvalue weighted by molar-refractivity contribution is 7.16. The average Bonchev–Trinajstić information content (AvgIpc) is 3.37. The molecular weight excluding hydrogens is 506 g/mol. The van der Waals surface area contributed by atoms with Crippen molar-refractivity contribution in [1.29, 1.82) is 0 Å². The maximum absolute atomic E-state index is 12.7. The summed E-state index contributed by atoms with van der Waals surface area (Å²) in [6.07, 6.45) is 5.26. The van der Waals surface area contributed by atoms with Crippen LogP contribution in [0, 0.1) is 6.92 Å². The molecule has 1 aliphatic heterocycles. The molecule has 0 aliphatic carbocycles. The molecule has 0 radical (unpaired) electrons. The molecule has 1 amide bonds. The molecule has 3 heterocycles. The Balaban J connectivity index is 1.27. The lowest BCUT2D eigenvalue weighted by atomic mass is 10.1. The number of rotatable bonds is 7. The molecule has 9 heteroatoms. The number of hydrogen-bond donors (Lipinski definition) is 1. The number of halogens is 1. The quantitative estimate of drug-likeness (QED) is 0.294. The second-order valence-electron chi connectivity index (χ2n) is 8.82. The molecule has 2 atom stereocenters. The standard InChI is InChI=1S/C28H26ClN5O2S/c1-17(20-6-4-7-22(12-20)36-15-28(35)34-11-5-8-23(29)18(34)2)31-27-14-25(32-19(3)33-27)21-9-10-24-26(13-21)37-16-30-24/h4-14,16-18H,15H2,1-3H3,(H,31,32,33). The lowest BCUT2D eigenvalue weighted by Gasteiger charge is -2.27. The summed E-state index contributed by atoms with van der Waals surface area (Å²) in [5.74, 6) is 1.87. The number of allylic oxidation sites excluding steroid dienone is 2. The highest BCUT2D eigenvalue weighted by Crippen LogP contribution is 2.28. The van der Waals surface area contributed by atoms with Crippen molar-refractivity contribution in [2.45, 2.75) is 32.9 Å². The molecule has 1 aliphatic rings. The van der Waals surface area contributed by atoms with Gasteiger partial charge in [0.05, 0.1) is 33.5 Å². The third-order valence-electron chi connectivity index (χ3n) is 6.16. The second kappa shape index (κ2) is 10.7. The van der Waals surface area contributed by atoms with Gasteiger partial charge in [-0.2, -0.15) is 0 Å². The summed E-state index contributed by atoms with van der Waals surface area (Å²) in [6.45, 7) is 5.74. The van der Waals surface area contributed by atoms with Gasteiger partial charge in [0.25, 0.3) is 5.91 Å². The van der Waals surface area contributed by atoms with Crippen LogP contribution >= 0.6 is 22.9 Å². The first-order chi connectivity index (χ1) is 17.9. The summed E-state index contributed by atoms with van der Waals surface area (Å²) in [5.41, 5.74) is 5.71. The summed E-state index contributed by atoms with van der Waals surface area (Å²) >= 11 is 7.79. The first-order valence-electron chi connectivity index (χ1n) is 11.9. The highest BCUT2D eigenvalue weighted by atomic mass is 35.5. The van der Waals surface area contributed by atoms with Crippen molar-refractivity contribution in [3.05, 3.63) is 88.8 Å². The molecule has 2 aromatic carbocycles. The van der Waals surface area contributed by atoms with E-state index in [9.17, 15) is 4.79 Å². The Morgan fingerprint density at radius 3 is 2.95 bits per heavy atom. The van der Waals surface area contributed by atoms with Gasteiger partial charge in [0, 0.05) is 22.9 Å². The van der Waals surface area contributed by atoms with E-state index in [0.717, 1.165) is 32.9 Å². The van der Waals surface area contributed by atoms with Crippen LogP contribution in [0.25, 0.3) is 21.5 Å². The molecule has 2 unspecified atom stereocenters. The van der Waals surface area contributed by atoms with Crippen molar-refractivity contribution >= 4 is 44.9 Å². The largest absolute Gasteiger partial charge is 0.484 e. The van der Waals surface area contributed by atoms with Gasteiger partial charge in [-0.1, -0.05) is 29.8 Å². The number of carbonyl (C=O) groups excluding carboxylic acids is 1. The topological polar surface area (TPSA) is 80.2 Å². The number of aromatic nitrogens is 3. The molecule has 0 fully saturated rings. The lowest BCUT2D eigenvalue weighted by Crippen LogP contribution is -2.38. The Morgan fingerprint density at radius 2 is 2.08 bits per heavy atom. The van der Waals surface area contributed by atoms with E-state index in [1.165, 1.54) is 0 Å². The molecular formula is C28H26ClN5O2S. The first-order valence-corrected chi connectivity index (χ1v) is 13.2. The van der Waals surface area contributed by atoms with Crippen LogP contribution < -0.4 is 10.1 Å². The molecule has 188 valence electrons. The molecule has 5 rings (SSSR count). The first kappa shape index (κ1) is 24.9. The number of carbonyl (C=O) groups is 1. The van der Waals surface area contributed by atoms with Gasteiger partial charge in [-0.05, 0) is 62.8 Å². The number of aryl methyl sites for hydroxylation is 1. The van der Waals surface area contributed by atoms with E-state index < -0.39 is 0 Å². The number of nitrogens with one attached hydrogen (secondary N) is 1. The van der Waals surface area contributed by atoms with Crippen LogP contribution in [0.15, 0.2) is 77.4 Å². The molecule has 4 aromatic rings. The maximum atomic E-state index is 12.7. The highest BCUT2D eigenvalue weighted by Gasteiger charge is 2.22. The summed E-state index contributed by atoms with van der Waals surface area (Å²) < 4.78 is 6.95. The Hall–Kier alpha value is -3.75. The number of benzene rings is 2. The van der Waals surface area contributed by atoms with Crippen LogP contribution in [0.5, 0.6) is 5.75 Å². The third kappa shape index (κ3) is 5.65. The maximum Gasteiger partial charge on any atom is 0.265 e. The van der Waals surface area contributed by atoms with Crippen LogP contribution in [0.2, 0.25) is 0 Å². The third-order valence-corrected chi connectivity index (χ3v) is 7.39. The summed E-state index contributed by atoms with van der Waals surface area (Å²) in [7, 11) is 0. The van der Waals surface area contributed by atoms with Gasteiger partial charge in [-0.15, -0.1) is 11.3 Å². The van der Waals surface area contributed by atoms with Crippen molar-refractivity contribution in [1.82, 2.24) is 19.9 Å². The number of amides is 1. The minimum absolute atomic E-state index is 0.0561. The minimum atomic E-state index is -0.205. The zero-order valence-electron chi connectivity index (χ0n) is 20.7. The number of ether oxygens (including phenoxy) is 1. The van der Waals surface area contributed by atoms with Crippen molar-refractivity contribution in [2.24, 2.45) is 0 Å². The van der Waals surface area contributed by atoms with E-state index in [0.29, 0.717) is 16.6 Å². The van der Waals surface area contributed by atoms with Crippen LogP contribution in [0.4, 0.5) is 5.82 Å². The van der Waals surface area contributed by atoms with Gasteiger partial charge >= 0.3 is 0 Å². The lowest BCUT2D eigenvalue weighted by molar-refractivity contribution is -0.131. The number of nitrogens with zero attached hydrogens (tertiary/aromatic N) is 4. The van der Waals surface area contributed by atoms with Crippen molar-refractivity contribution in [3.8, 4) is 17.0 Å². The zero-order valence-corrected chi connectivity index (χ0v) is 22.3. The van der Waals surface area contributed by atoms with E-state index >= 15 is 0 Å². The smallest absolute Gasteiger partial charge is 0.265 e. The van der Waals surface area contributed by atoms with Gasteiger partial charge in [0.2, 0.25) is 0 Å². The van der Waals surface area contributed by atoms with Gasteiger partial charge in [-0.25, -0.2) is 15.0 Å². The van der Waals surface area contributed by atoms with E-state index in [-0.39, 0.29) is 24.6 Å². The van der Waals surface area contributed by atoms with E-state index in [2.05, 4.69) is 33.3 Å². The average molecular weight is 532 g/mol. The Morgan fingerprint density at radius 1 is 1.22 bits per heavy atom. The number of hydrogen-bond acceptors (Lipinski definition) is 7. The van der Waals surface area contributed by atoms with E-state index in [1.807, 2.05) is 61.8 Å². The Kier molecular flexibility index (Phi) is 7.21. The van der Waals surface area contributed by atoms with Gasteiger partial charge in [0.15, 0.2) is 6.61 Å². The molecule has 0 saturated heterocycles. The number of thiazole rings is 1. The fourth-order valence-corrected chi connectivity index (χ4v) is 5.02. The fourth-order valence-electron chi connectivity index (χ4n) is 4.13.